The molecule has 0 saturated heterocycles. The van der Waals surface area contributed by atoms with Crippen LogP contribution >= 0.6 is 0 Å². The van der Waals surface area contributed by atoms with Gasteiger partial charge in [-0.2, -0.15) is 0 Å². The molecule has 84 valence electrons. The minimum Gasteiger partial charge on any atom is -0.448 e. The highest BCUT2D eigenvalue weighted by molar-refractivity contribution is 5.67. The van der Waals surface area contributed by atoms with Crippen LogP contribution in [0.2, 0.25) is 0 Å². The Kier molecular flexibility index (Phi) is 5.53. The van der Waals surface area contributed by atoms with Crippen molar-refractivity contribution < 1.29 is 9.53 Å². The van der Waals surface area contributed by atoms with Crippen molar-refractivity contribution >= 4 is 6.09 Å². The van der Waals surface area contributed by atoms with Gasteiger partial charge in [0.2, 0.25) is 0 Å². The molecule has 0 radical (unpaired) electrons. The van der Waals surface area contributed by atoms with E-state index in [-0.39, 0.29) is 18.2 Å². The summed E-state index contributed by atoms with van der Waals surface area (Å²) in [6.45, 7) is 8.03. The van der Waals surface area contributed by atoms with Crippen LogP contribution < -0.4 is 11.1 Å². The number of amides is 1. The normalized spacial score (nSPS) is 11.6. The topological polar surface area (TPSA) is 64.3 Å². The first-order valence-corrected chi connectivity index (χ1v) is 5.15. The Morgan fingerprint density at radius 2 is 1.93 bits per heavy atom. The molecule has 0 unspecified atom stereocenters. The van der Waals surface area contributed by atoms with Crippen LogP contribution in [0.15, 0.2) is 0 Å². The summed E-state index contributed by atoms with van der Waals surface area (Å²) in [5, 5.41) is 2.65. The van der Waals surface area contributed by atoms with Gasteiger partial charge in [0.15, 0.2) is 0 Å². The van der Waals surface area contributed by atoms with E-state index in [0.29, 0.717) is 0 Å². The molecule has 0 aromatic rings. The molecule has 0 heterocycles. The monoisotopic (exact) mass is 202 g/mol. The Morgan fingerprint density at radius 3 is 2.29 bits per heavy atom. The molecule has 0 spiro atoms. The highest BCUT2D eigenvalue weighted by Crippen LogP contribution is 2.11. The van der Waals surface area contributed by atoms with Gasteiger partial charge in [-0.3, -0.25) is 0 Å². The minimum absolute atomic E-state index is 0.0953. The summed E-state index contributed by atoms with van der Waals surface area (Å²) < 4.78 is 5.02. The van der Waals surface area contributed by atoms with Crippen molar-refractivity contribution in [1.29, 1.82) is 0 Å². The largest absolute Gasteiger partial charge is 0.448 e. The van der Waals surface area contributed by atoms with Gasteiger partial charge < -0.3 is 15.8 Å². The molecule has 4 heteroatoms. The first-order chi connectivity index (χ1) is 6.43. The number of hydrogen-bond acceptors (Lipinski definition) is 3. The molecule has 4 nitrogen and oxygen atoms in total. The van der Waals surface area contributed by atoms with Crippen LogP contribution in [-0.4, -0.2) is 24.3 Å². The molecule has 0 bridgehead atoms. The molecule has 0 rings (SSSR count). The number of alkyl carbamates (subject to hydrolysis) is 1. The lowest BCUT2D eigenvalue weighted by Gasteiger charge is -2.26. The molecule has 3 N–H and O–H groups in total. The summed E-state index contributed by atoms with van der Waals surface area (Å²) in [4.78, 5) is 11.1. The Hall–Kier alpha value is -0.770. The maximum Gasteiger partial charge on any atom is 0.407 e. The van der Waals surface area contributed by atoms with Gasteiger partial charge in [-0.25, -0.2) is 4.79 Å². The number of carbonyl (C=O) groups excluding carboxylic acids is 1. The molecule has 0 aliphatic rings. The number of nitrogens with one attached hydrogen (secondary N) is 1. The number of carbonyl (C=O) groups is 1. The highest BCUT2D eigenvalue weighted by Gasteiger charge is 2.22. The van der Waals surface area contributed by atoms with E-state index in [1.54, 1.807) is 0 Å². The summed E-state index contributed by atoms with van der Waals surface area (Å²) in [7, 11) is 0. The predicted molar refractivity (Wildman–Crippen MR) is 57.1 cm³/mol. The van der Waals surface area contributed by atoms with Gasteiger partial charge >= 0.3 is 6.09 Å². The quantitative estimate of drug-likeness (QED) is 0.712. The summed E-state index contributed by atoms with van der Waals surface area (Å²) >= 11 is 0. The van der Waals surface area contributed by atoms with Crippen molar-refractivity contribution in [3.8, 4) is 0 Å². The molecule has 0 aliphatic carbocycles. The highest BCUT2D eigenvalue weighted by atomic mass is 16.5. The zero-order valence-corrected chi connectivity index (χ0v) is 9.59. The van der Waals surface area contributed by atoms with Crippen molar-refractivity contribution in [3.05, 3.63) is 0 Å². The number of nitrogens with two attached hydrogens (primary N) is 1. The van der Waals surface area contributed by atoms with Crippen LogP contribution in [-0.2, 0) is 4.74 Å². The van der Waals surface area contributed by atoms with E-state index in [1.807, 2.05) is 27.7 Å². The van der Waals surface area contributed by atoms with E-state index in [1.165, 1.54) is 0 Å². The fourth-order valence-electron chi connectivity index (χ4n) is 0.941. The van der Waals surface area contributed by atoms with Gasteiger partial charge in [0.1, 0.15) is 6.61 Å². The lowest BCUT2D eigenvalue weighted by Crippen LogP contribution is -2.45. The average molecular weight is 202 g/mol. The van der Waals surface area contributed by atoms with Crippen LogP contribution in [0.25, 0.3) is 0 Å². The summed E-state index contributed by atoms with van der Waals surface area (Å²) in [6.07, 6.45) is 1.22. The molecular weight excluding hydrogens is 180 g/mol. The van der Waals surface area contributed by atoms with E-state index in [2.05, 4.69) is 5.32 Å². The first kappa shape index (κ1) is 13.2. The van der Waals surface area contributed by atoms with Gasteiger partial charge in [0, 0.05) is 11.6 Å². The zero-order chi connectivity index (χ0) is 11.2. The molecule has 0 atom stereocenters. The Balaban J connectivity index is 3.86. The van der Waals surface area contributed by atoms with Crippen molar-refractivity contribution in [2.24, 2.45) is 5.73 Å². The molecular formula is C10H22N2O2. The van der Waals surface area contributed by atoms with Crippen molar-refractivity contribution in [3.63, 3.8) is 0 Å². The van der Waals surface area contributed by atoms with Crippen molar-refractivity contribution in [2.75, 3.05) is 6.61 Å². The van der Waals surface area contributed by atoms with E-state index >= 15 is 0 Å². The third-order valence-corrected chi connectivity index (χ3v) is 2.31. The molecule has 14 heavy (non-hydrogen) atoms. The van der Waals surface area contributed by atoms with Gasteiger partial charge in [0.25, 0.3) is 0 Å². The predicted octanol–water partition coefficient (Wildman–Crippen LogP) is 1.64. The lowest BCUT2D eigenvalue weighted by atomic mass is 9.96. The lowest BCUT2D eigenvalue weighted by molar-refractivity contribution is 0.111. The summed E-state index contributed by atoms with van der Waals surface area (Å²) in [5.74, 6) is 0. The van der Waals surface area contributed by atoms with Crippen molar-refractivity contribution in [1.82, 2.24) is 5.32 Å². The van der Waals surface area contributed by atoms with Crippen LogP contribution in [0, 0.1) is 0 Å². The standard InChI is InChI=1S/C10H22N2O2/c1-5-10(11,6-2)7-14-9(13)12-8(3)4/h8H,5-7,11H2,1-4H3,(H,12,13). The fourth-order valence-corrected chi connectivity index (χ4v) is 0.941. The van der Waals surface area contributed by atoms with E-state index in [0.717, 1.165) is 12.8 Å². The van der Waals surface area contributed by atoms with E-state index in [9.17, 15) is 4.79 Å². The number of rotatable bonds is 5. The second-order valence-electron chi connectivity index (χ2n) is 3.94. The van der Waals surface area contributed by atoms with Gasteiger partial charge in [0.05, 0.1) is 0 Å². The maximum atomic E-state index is 11.1. The van der Waals surface area contributed by atoms with Crippen LogP contribution in [0.4, 0.5) is 4.79 Å². The molecule has 0 aliphatic heterocycles. The average Bonchev–Trinajstić information content (AvgIpc) is 2.13. The fraction of sp³-hybridized carbons (Fsp3) is 0.900. The number of hydrogen-bond donors (Lipinski definition) is 2. The van der Waals surface area contributed by atoms with Crippen molar-refractivity contribution in [2.45, 2.75) is 52.1 Å². The molecule has 0 fully saturated rings. The molecule has 0 aromatic heterocycles. The van der Waals surface area contributed by atoms with Crippen LogP contribution in [0.3, 0.4) is 0 Å². The van der Waals surface area contributed by atoms with Crippen LogP contribution in [0.5, 0.6) is 0 Å². The summed E-state index contributed by atoms with van der Waals surface area (Å²) in [6, 6.07) is 0.0953. The number of ether oxygens (including phenoxy) is 1. The zero-order valence-electron chi connectivity index (χ0n) is 9.59. The Bertz CT molecular complexity index is 177. The SMILES string of the molecule is CCC(N)(CC)COC(=O)NC(C)C. The molecule has 0 saturated carbocycles. The van der Waals surface area contributed by atoms with E-state index < -0.39 is 6.09 Å². The second kappa shape index (κ2) is 5.86. The van der Waals surface area contributed by atoms with Crippen LogP contribution in [0.1, 0.15) is 40.5 Å². The van der Waals surface area contributed by atoms with E-state index in [4.69, 9.17) is 10.5 Å². The first-order valence-electron chi connectivity index (χ1n) is 5.15. The summed E-state index contributed by atoms with van der Waals surface area (Å²) in [5.41, 5.74) is 5.59. The Morgan fingerprint density at radius 1 is 1.43 bits per heavy atom. The second-order valence-corrected chi connectivity index (χ2v) is 3.94. The maximum absolute atomic E-state index is 11.1. The third kappa shape index (κ3) is 5.07. The molecule has 1 amide bonds. The Labute approximate surface area is 86.2 Å². The van der Waals surface area contributed by atoms with Gasteiger partial charge in [-0.1, -0.05) is 13.8 Å². The third-order valence-electron chi connectivity index (χ3n) is 2.31. The van der Waals surface area contributed by atoms with Gasteiger partial charge in [-0.05, 0) is 26.7 Å². The van der Waals surface area contributed by atoms with Gasteiger partial charge in [-0.15, -0.1) is 0 Å². The molecule has 0 aromatic carbocycles. The smallest absolute Gasteiger partial charge is 0.407 e. The minimum atomic E-state index is -0.392.